The molecule has 2 rings (SSSR count). The number of fused-ring (bicyclic) bond motifs is 1. The van der Waals surface area contributed by atoms with Gasteiger partial charge in [0.15, 0.2) is 0 Å². The molecule has 0 bridgehead atoms. The van der Waals surface area contributed by atoms with Crippen molar-refractivity contribution in [2.45, 2.75) is 86.5 Å². The summed E-state index contributed by atoms with van der Waals surface area (Å²) in [5.74, 6) is 0. The van der Waals surface area contributed by atoms with Gasteiger partial charge in [-0.15, -0.1) is 0 Å². The fourth-order valence-corrected chi connectivity index (χ4v) is 4.13. The smallest absolute Gasteiger partial charge is 0.0502 e. The standard InChI is InChI=1S/C29H42N2/c1-12-14-23-26(20-27(4,5)6)31(21(3)17-18-30-13-2)25-16-15-22(28(7,8)9)19-24(25)29(23,10)11/h13-20H,3,12H2,1-2,4-11H3/b18-17-,23-14+,26-20+,30-13+. The SMILES string of the molecule is C=C(/C=C\N=C\C)N1C(=C/C(C)(C)C)/C(=C\CC)C(C)(C)c2cc(C(C)(C)C)ccc21. The van der Waals surface area contributed by atoms with Gasteiger partial charge in [-0.1, -0.05) is 93.2 Å². The first-order chi connectivity index (χ1) is 14.2. The number of rotatable bonds is 4. The molecule has 0 N–H and O–H groups in total. The minimum atomic E-state index is -0.105. The third-order valence-electron chi connectivity index (χ3n) is 5.73. The van der Waals surface area contributed by atoms with Crippen molar-refractivity contribution in [1.82, 2.24) is 0 Å². The summed E-state index contributed by atoms with van der Waals surface area (Å²) in [7, 11) is 0. The molecule has 0 atom stereocenters. The van der Waals surface area contributed by atoms with E-state index in [-0.39, 0.29) is 16.2 Å². The van der Waals surface area contributed by atoms with Gasteiger partial charge in [-0.05, 0) is 53.0 Å². The highest BCUT2D eigenvalue weighted by Gasteiger charge is 2.40. The van der Waals surface area contributed by atoms with E-state index in [1.165, 1.54) is 28.1 Å². The summed E-state index contributed by atoms with van der Waals surface area (Å²) in [6.07, 6.45) is 11.4. The van der Waals surface area contributed by atoms with Gasteiger partial charge in [-0.3, -0.25) is 4.99 Å². The van der Waals surface area contributed by atoms with E-state index in [0.29, 0.717) is 0 Å². The van der Waals surface area contributed by atoms with E-state index >= 15 is 0 Å². The van der Waals surface area contributed by atoms with Crippen molar-refractivity contribution in [1.29, 1.82) is 0 Å². The second-order valence-corrected chi connectivity index (χ2v) is 11.1. The van der Waals surface area contributed by atoms with Crippen LogP contribution in [0, 0.1) is 5.41 Å². The van der Waals surface area contributed by atoms with Gasteiger partial charge >= 0.3 is 0 Å². The summed E-state index contributed by atoms with van der Waals surface area (Å²) in [4.78, 5) is 6.59. The minimum absolute atomic E-state index is 0.0327. The second kappa shape index (κ2) is 9.02. The summed E-state index contributed by atoms with van der Waals surface area (Å²) in [6, 6.07) is 6.95. The summed E-state index contributed by atoms with van der Waals surface area (Å²) in [5, 5.41) is 0. The fraction of sp³-hybridized carbons (Fsp3) is 0.483. The maximum Gasteiger partial charge on any atom is 0.0502 e. The van der Waals surface area contributed by atoms with Crippen molar-refractivity contribution in [3.63, 3.8) is 0 Å². The summed E-state index contributed by atoms with van der Waals surface area (Å²) in [5.41, 5.74) is 7.44. The number of nitrogens with zero attached hydrogens (tertiary/aromatic N) is 2. The van der Waals surface area contributed by atoms with Crippen LogP contribution in [0.15, 0.2) is 71.2 Å². The molecule has 1 aromatic rings. The third-order valence-corrected chi connectivity index (χ3v) is 5.73. The van der Waals surface area contributed by atoms with Crippen LogP contribution in [-0.2, 0) is 10.8 Å². The number of hydrogen-bond donors (Lipinski definition) is 0. The van der Waals surface area contributed by atoms with Crippen molar-refractivity contribution in [2.75, 3.05) is 4.90 Å². The Hall–Kier alpha value is -2.35. The molecule has 1 heterocycles. The van der Waals surface area contributed by atoms with Crippen LogP contribution in [0.2, 0.25) is 0 Å². The lowest BCUT2D eigenvalue weighted by Crippen LogP contribution is -2.38. The van der Waals surface area contributed by atoms with Crippen LogP contribution in [0.3, 0.4) is 0 Å². The van der Waals surface area contributed by atoms with Crippen LogP contribution in [0.4, 0.5) is 5.69 Å². The molecule has 0 spiro atoms. The van der Waals surface area contributed by atoms with E-state index in [0.717, 1.165) is 12.1 Å². The summed E-state index contributed by atoms with van der Waals surface area (Å²) < 4.78 is 0. The number of aliphatic imine (C=N–C) groups is 1. The molecule has 0 saturated carbocycles. The largest absolute Gasteiger partial charge is 0.311 e. The quantitative estimate of drug-likeness (QED) is 0.353. The van der Waals surface area contributed by atoms with Crippen LogP contribution in [0.25, 0.3) is 0 Å². The van der Waals surface area contributed by atoms with Crippen LogP contribution < -0.4 is 4.90 Å². The molecule has 0 amide bonds. The van der Waals surface area contributed by atoms with Crippen molar-refractivity contribution in [3.05, 3.63) is 77.3 Å². The van der Waals surface area contributed by atoms with Gasteiger partial charge in [0.25, 0.3) is 0 Å². The molecule has 0 aliphatic carbocycles. The lowest BCUT2D eigenvalue weighted by molar-refractivity contribution is 0.529. The van der Waals surface area contributed by atoms with Gasteiger partial charge in [-0.2, -0.15) is 0 Å². The molecule has 1 aromatic carbocycles. The zero-order valence-corrected chi connectivity index (χ0v) is 21.4. The molecule has 0 fully saturated rings. The highest BCUT2D eigenvalue weighted by Crippen LogP contribution is 2.51. The predicted octanol–water partition coefficient (Wildman–Crippen LogP) is 8.47. The molecular weight excluding hydrogens is 376 g/mol. The van der Waals surface area contributed by atoms with E-state index in [2.05, 4.69) is 109 Å². The van der Waals surface area contributed by atoms with Crippen molar-refractivity contribution < 1.29 is 0 Å². The minimum Gasteiger partial charge on any atom is -0.311 e. The molecule has 31 heavy (non-hydrogen) atoms. The van der Waals surface area contributed by atoms with Gasteiger partial charge in [-0.25, -0.2) is 0 Å². The van der Waals surface area contributed by atoms with Gasteiger partial charge < -0.3 is 4.90 Å². The maximum absolute atomic E-state index is 4.44. The van der Waals surface area contributed by atoms with Crippen molar-refractivity contribution in [3.8, 4) is 0 Å². The van der Waals surface area contributed by atoms with E-state index in [1.807, 2.05) is 19.2 Å². The zero-order valence-electron chi connectivity index (χ0n) is 21.4. The fourth-order valence-electron chi connectivity index (χ4n) is 4.13. The van der Waals surface area contributed by atoms with Crippen LogP contribution in [0.1, 0.15) is 86.8 Å². The highest BCUT2D eigenvalue weighted by molar-refractivity contribution is 5.76. The molecular formula is C29H42N2. The molecule has 2 nitrogen and oxygen atoms in total. The highest BCUT2D eigenvalue weighted by atomic mass is 15.2. The van der Waals surface area contributed by atoms with E-state index < -0.39 is 0 Å². The Morgan fingerprint density at radius 3 is 2.29 bits per heavy atom. The van der Waals surface area contributed by atoms with Gasteiger partial charge in [0, 0.05) is 29.2 Å². The molecule has 0 unspecified atom stereocenters. The summed E-state index contributed by atoms with van der Waals surface area (Å²) >= 11 is 0. The maximum atomic E-state index is 4.44. The first kappa shape index (κ1) is 24.9. The van der Waals surface area contributed by atoms with Crippen molar-refractivity contribution >= 4 is 11.9 Å². The van der Waals surface area contributed by atoms with Crippen LogP contribution >= 0.6 is 0 Å². The number of allylic oxidation sites excluding steroid dienone is 4. The third kappa shape index (κ3) is 5.47. The second-order valence-electron chi connectivity index (χ2n) is 11.1. The number of anilines is 1. The van der Waals surface area contributed by atoms with Crippen LogP contribution in [0.5, 0.6) is 0 Å². The first-order valence-electron chi connectivity index (χ1n) is 11.5. The molecule has 0 radical (unpaired) electrons. The Kier molecular flexibility index (Phi) is 7.25. The van der Waals surface area contributed by atoms with Gasteiger partial charge in [0.2, 0.25) is 0 Å². The lowest BCUT2D eigenvalue weighted by atomic mass is 9.69. The number of hydrogen-bond acceptors (Lipinski definition) is 2. The Morgan fingerprint density at radius 1 is 1.13 bits per heavy atom. The Labute approximate surface area is 191 Å². The molecule has 168 valence electrons. The van der Waals surface area contributed by atoms with Gasteiger partial charge in [0.1, 0.15) is 0 Å². The Bertz CT molecular complexity index is 938. The predicted molar refractivity (Wildman–Crippen MR) is 139 cm³/mol. The van der Waals surface area contributed by atoms with Crippen LogP contribution in [-0.4, -0.2) is 6.21 Å². The average Bonchev–Trinajstić information content (AvgIpc) is 2.63. The molecule has 2 heteroatoms. The average molecular weight is 419 g/mol. The van der Waals surface area contributed by atoms with E-state index in [1.54, 1.807) is 6.21 Å². The summed E-state index contributed by atoms with van der Waals surface area (Å²) in [6.45, 7) is 26.9. The monoisotopic (exact) mass is 418 g/mol. The number of benzene rings is 1. The zero-order chi connectivity index (χ0) is 23.6. The van der Waals surface area contributed by atoms with Gasteiger partial charge in [0.05, 0.1) is 5.69 Å². The Morgan fingerprint density at radius 2 is 1.77 bits per heavy atom. The Balaban J connectivity index is 2.91. The lowest BCUT2D eigenvalue weighted by Gasteiger charge is -2.46. The molecule has 0 saturated heterocycles. The normalized spacial score (nSPS) is 19.6. The first-order valence-corrected chi connectivity index (χ1v) is 11.5. The molecule has 0 aromatic heterocycles. The van der Waals surface area contributed by atoms with E-state index in [9.17, 15) is 0 Å². The molecule has 1 aliphatic heterocycles. The molecule has 1 aliphatic rings. The van der Waals surface area contributed by atoms with E-state index in [4.69, 9.17) is 0 Å². The van der Waals surface area contributed by atoms with Crippen molar-refractivity contribution in [2.24, 2.45) is 10.4 Å². The topological polar surface area (TPSA) is 15.6 Å².